The third-order valence-corrected chi connectivity index (χ3v) is 5.61. The lowest BCUT2D eigenvalue weighted by Crippen LogP contribution is -2.02. The van der Waals surface area contributed by atoms with Gasteiger partial charge in [-0.2, -0.15) is 0 Å². The minimum Gasteiger partial charge on any atom is -0.497 e. The molecule has 0 radical (unpaired) electrons. The van der Waals surface area contributed by atoms with E-state index in [9.17, 15) is 0 Å². The van der Waals surface area contributed by atoms with Crippen molar-refractivity contribution in [1.29, 1.82) is 0 Å². The van der Waals surface area contributed by atoms with Crippen molar-refractivity contribution in [1.82, 2.24) is 0 Å². The van der Waals surface area contributed by atoms with Gasteiger partial charge in [0.25, 0.3) is 0 Å². The van der Waals surface area contributed by atoms with Gasteiger partial charge >= 0.3 is 0 Å². The van der Waals surface area contributed by atoms with E-state index in [1.165, 1.54) is 10.8 Å². The molecule has 5 heteroatoms. The van der Waals surface area contributed by atoms with E-state index in [-0.39, 0.29) is 0 Å². The molecule has 4 rings (SSSR count). The van der Waals surface area contributed by atoms with E-state index in [2.05, 4.69) is 51.3 Å². The molecule has 162 valence electrons. The SMILES string of the molecule is CCOc1cc(C=Nc2ccc(OC)cc2)cc(Br)c1OCc1cccc2ccccc12. The van der Waals surface area contributed by atoms with E-state index in [0.717, 1.165) is 27.0 Å². The molecular formula is C27H24BrNO3. The number of hydrogen-bond donors (Lipinski definition) is 0. The average Bonchev–Trinajstić information content (AvgIpc) is 2.83. The van der Waals surface area contributed by atoms with Gasteiger partial charge in [0, 0.05) is 6.21 Å². The topological polar surface area (TPSA) is 40.0 Å². The van der Waals surface area contributed by atoms with E-state index >= 15 is 0 Å². The summed E-state index contributed by atoms with van der Waals surface area (Å²) in [7, 11) is 1.65. The third kappa shape index (κ3) is 5.11. The van der Waals surface area contributed by atoms with Gasteiger partial charge in [-0.1, -0.05) is 42.5 Å². The van der Waals surface area contributed by atoms with Gasteiger partial charge in [0.15, 0.2) is 11.5 Å². The fourth-order valence-electron chi connectivity index (χ4n) is 3.45. The zero-order chi connectivity index (χ0) is 22.3. The Morgan fingerprint density at radius 3 is 2.47 bits per heavy atom. The van der Waals surface area contributed by atoms with E-state index in [4.69, 9.17) is 14.2 Å². The number of fused-ring (bicyclic) bond motifs is 1. The molecule has 0 fully saturated rings. The zero-order valence-corrected chi connectivity index (χ0v) is 19.6. The summed E-state index contributed by atoms with van der Waals surface area (Å²) in [6, 6.07) is 26.1. The first-order valence-corrected chi connectivity index (χ1v) is 11.2. The summed E-state index contributed by atoms with van der Waals surface area (Å²) in [6.07, 6.45) is 1.81. The van der Waals surface area contributed by atoms with Crippen molar-refractivity contribution < 1.29 is 14.2 Å². The average molecular weight is 490 g/mol. The van der Waals surface area contributed by atoms with Crippen LogP contribution in [0.3, 0.4) is 0 Å². The summed E-state index contributed by atoms with van der Waals surface area (Å²) in [5.74, 6) is 2.16. The molecule has 0 heterocycles. The third-order valence-electron chi connectivity index (χ3n) is 5.02. The molecule has 4 aromatic carbocycles. The molecule has 0 aliphatic rings. The summed E-state index contributed by atoms with van der Waals surface area (Å²) in [6.45, 7) is 2.94. The fraction of sp³-hybridized carbons (Fsp3) is 0.148. The van der Waals surface area contributed by atoms with Crippen LogP contribution in [-0.4, -0.2) is 19.9 Å². The maximum atomic E-state index is 6.23. The van der Waals surface area contributed by atoms with E-state index in [0.29, 0.717) is 24.7 Å². The van der Waals surface area contributed by atoms with Crippen LogP contribution in [0.25, 0.3) is 10.8 Å². The standard InChI is InChI=1S/C27H24BrNO3/c1-3-31-26-16-19(17-29-22-11-13-23(30-2)14-12-22)15-25(28)27(26)32-18-21-9-6-8-20-7-4-5-10-24(20)21/h4-17H,3,18H2,1-2H3. The van der Waals surface area contributed by atoms with Crippen molar-refractivity contribution in [2.75, 3.05) is 13.7 Å². The summed E-state index contributed by atoms with van der Waals surface area (Å²) < 4.78 is 18.1. The van der Waals surface area contributed by atoms with Crippen LogP contribution >= 0.6 is 15.9 Å². The Kier molecular flexibility index (Phi) is 7.07. The highest BCUT2D eigenvalue weighted by atomic mass is 79.9. The van der Waals surface area contributed by atoms with E-state index < -0.39 is 0 Å². The van der Waals surface area contributed by atoms with Gasteiger partial charge in [0.1, 0.15) is 12.4 Å². The predicted molar refractivity (Wildman–Crippen MR) is 134 cm³/mol. The van der Waals surface area contributed by atoms with Crippen LogP contribution in [0, 0.1) is 0 Å². The van der Waals surface area contributed by atoms with E-state index in [1.807, 2.05) is 61.7 Å². The van der Waals surface area contributed by atoms with Crippen LogP contribution in [0.5, 0.6) is 17.2 Å². The molecular weight excluding hydrogens is 466 g/mol. The lowest BCUT2D eigenvalue weighted by molar-refractivity contribution is 0.268. The maximum absolute atomic E-state index is 6.23. The molecule has 0 bridgehead atoms. The maximum Gasteiger partial charge on any atom is 0.175 e. The van der Waals surface area contributed by atoms with Crippen LogP contribution in [-0.2, 0) is 6.61 Å². The minimum absolute atomic E-state index is 0.444. The Hall–Kier alpha value is -3.31. The molecule has 0 N–H and O–H groups in total. The fourth-order valence-corrected chi connectivity index (χ4v) is 4.03. The van der Waals surface area contributed by atoms with Crippen molar-refractivity contribution >= 4 is 38.6 Å². The van der Waals surface area contributed by atoms with E-state index in [1.54, 1.807) is 7.11 Å². The first-order chi connectivity index (χ1) is 15.7. The Morgan fingerprint density at radius 2 is 1.69 bits per heavy atom. The molecule has 0 spiro atoms. The number of ether oxygens (including phenoxy) is 3. The molecule has 0 atom stereocenters. The normalized spacial score (nSPS) is 11.1. The molecule has 0 saturated carbocycles. The Morgan fingerprint density at radius 1 is 0.906 bits per heavy atom. The summed E-state index contributed by atoms with van der Waals surface area (Å²) in [5.41, 5.74) is 2.88. The number of aliphatic imine (C=N–C) groups is 1. The highest BCUT2D eigenvalue weighted by Gasteiger charge is 2.13. The second kappa shape index (κ2) is 10.3. The number of halogens is 1. The molecule has 4 nitrogen and oxygen atoms in total. The second-order valence-electron chi connectivity index (χ2n) is 7.15. The molecule has 0 amide bonds. The van der Waals surface area contributed by atoms with Gasteiger partial charge in [0.2, 0.25) is 0 Å². The van der Waals surface area contributed by atoms with Gasteiger partial charge < -0.3 is 14.2 Å². The van der Waals surface area contributed by atoms with Crippen molar-refractivity contribution in [2.45, 2.75) is 13.5 Å². The van der Waals surface area contributed by atoms with Gasteiger partial charge in [-0.3, -0.25) is 4.99 Å². The highest BCUT2D eigenvalue weighted by Crippen LogP contribution is 2.37. The first-order valence-electron chi connectivity index (χ1n) is 10.4. The monoisotopic (exact) mass is 489 g/mol. The largest absolute Gasteiger partial charge is 0.497 e. The van der Waals surface area contributed by atoms with Crippen LogP contribution in [0.4, 0.5) is 5.69 Å². The second-order valence-corrected chi connectivity index (χ2v) is 8.00. The number of hydrogen-bond acceptors (Lipinski definition) is 4. The predicted octanol–water partition coefficient (Wildman–Crippen LogP) is 7.34. The lowest BCUT2D eigenvalue weighted by atomic mass is 10.1. The molecule has 0 aliphatic heterocycles. The zero-order valence-electron chi connectivity index (χ0n) is 18.0. The van der Waals surface area contributed by atoms with Crippen LogP contribution < -0.4 is 14.2 Å². The molecule has 32 heavy (non-hydrogen) atoms. The number of benzene rings is 4. The van der Waals surface area contributed by atoms with Crippen molar-refractivity contribution in [3.8, 4) is 17.2 Å². The van der Waals surface area contributed by atoms with Crippen LogP contribution in [0.15, 0.2) is 88.3 Å². The van der Waals surface area contributed by atoms with Crippen molar-refractivity contribution in [2.24, 2.45) is 4.99 Å². The molecule has 4 aromatic rings. The summed E-state index contributed by atoms with van der Waals surface area (Å²) in [5, 5.41) is 2.38. The van der Waals surface area contributed by atoms with Gasteiger partial charge in [-0.05, 0) is 81.2 Å². The highest BCUT2D eigenvalue weighted by molar-refractivity contribution is 9.10. The van der Waals surface area contributed by atoms with Gasteiger partial charge in [0.05, 0.1) is 23.9 Å². The number of rotatable bonds is 8. The Bertz CT molecular complexity index is 1230. The quantitative estimate of drug-likeness (QED) is 0.243. The molecule has 0 aromatic heterocycles. The Labute approximate surface area is 196 Å². The van der Waals surface area contributed by atoms with Gasteiger partial charge in [-0.25, -0.2) is 0 Å². The molecule has 0 aliphatic carbocycles. The van der Waals surface area contributed by atoms with Crippen LogP contribution in [0.2, 0.25) is 0 Å². The summed E-state index contributed by atoms with van der Waals surface area (Å²) in [4.78, 5) is 4.55. The van der Waals surface area contributed by atoms with Crippen LogP contribution in [0.1, 0.15) is 18.1 Å². The lowest BCUT2D eigenvalue weighted by Gasteiger charge is -2.15. The minimum atomic E-state index is 0.444. The number of nitrogens with zero attached hydrogens (tertiary/aromatic N) is 1. The van der Waals surface area contributed by atoms with Crippen molar-refractivity contribution in [3.63, 3.8) is 0 Å². The smallest absolute Gasteiger partial charge is 0.175 e. The number of methoxy groups -OCH3 is 1. The first kappa shape index (κ1) is 21.9. The van der Waals surface area contributed by atoms with Gasteiger partial charge in [-0.15, -0.1) is 0 Å². The summed E-state index contributed by atoms with van der Waals surface area (Å²) >= 11 is 3.65. The molecule has 0 unspecified atom stereocenters. The molecule has 0 saturated heterocycles. The Balaban J connectivity index is 1.57. The van der Waals surface area contributed by atoms with Crippen molar-refractivity contribution in [3.05, 3.63) is 94.5 Å².